The zero-order valence-electron chi connectivity index (χ0n) is 11.6. The number of carbonyl (C=O) groups excluding carboxylic acids is 1. The maximum atomic E-state index is 12.0. The Bertz CT molecular complexity index is 640. The number of halogens is 1. The third-order valence-electron chi connectivity index (χ3n) is 3.13. The lowest BCUT2D eigenvalue weighted by Gasteiger charge is -2.09. The molecule has 112 valence electrons. The van der Waals surface area contributed by atoms with E-state index in [4.69, 9.17) is 9.15 Å². The summed E-state index contributed by atoms with van der Waals surface area (Å²) in [6.07, 6.45) is 0. The molecule has 3 rings (SSSR count). The summed E-state index contributed by atoms with van der Waals surface area (Å²) in [5, 5.41) is 6.09. The molecule has 0 unspecified atom stereocenters. The van der Waals surface area contributed by atoms with Gasteiger partial charge in [0.1, 0.15) is 18.1 Å². The molecule has 0 spiro atoms. The lowest BCUT2D eigenvalue weighted by atomic mass is 10.1. The summed E-state index contributed by atoms with van der Waals surface area (Å²) in [5.74, 6) is 1.64. The Kier molecular flexibility index (Phi) is 4.88. The highest BCUT2D eigenvalue weighted by atomic mass is 35.5. The van der Waals surface area contributed by atoms with E-state index in [0.29, 0.717) is 12.4 Å². The number of hydrogen-bond acceptors (Lipinski definition) is 4. The molecule has 1 aromatic carbocycles. The van der Waals surface area contributed by atoms with Gasteiger partial charge < -0.3 is 19.8 Å². The zero-order valence-corrected chi connectivity index (χ0v) is 12.5. The van der Waals surface area contributed by atoms with Crippen molar-refractivity contribution in [3.05, 3.63) is 47.4 Å². The minimum Gasteiger partial charge on any atom is -0.492 e. The monoisotopic (exact) mass is 308 g/mol. The maximum absolute atomic E-state index is 12.0. The lowest BCUT2D eigenvalue weighted by Crippen LogP contribution is -2.16. The predicted molar refractivity (Wildman–Crippen MR) is 82.3 cm³/mol. The number of nitrogens with one attached hydrogen (secondary N) is 2. The summed E-state index contributed by atoms with van der Waals surface area (Å²) in [5.41, 5.74) is 1.77. The summed E-state index contributed by atoms with van der Waals surface area (Å²) in [4.78, 5) is 12.0. The van der Waals surface area contributed by atoms with Gasteiger partial charge in [0, 0.05) is 24.3 Å². The van der Waals surface area contributed by atoms with Crippen molar-refractivity contribution in [3.63, 3.8) is 0 Å². The van der Waals surface area contributed by atoms with E-state index in [1.807, 2.05) is 25.1 Å². The molecule has 1 aliphatic heterocycles. The first-order valence-corrected chi connectivity index (χ1v) is 6.56. The van der Waals surface area contributed by atoms with E-state index >= 15 is 0 Å². The predicted octanol–water partition coefficient (Wildman–Crippen LogP) is 2.74. The van der Waals surface area contributed by atoms with Gasteiger partial charge in [-0.15, -0.1) is 12.4 Å². The Morgan fingerprint density at radius 1 is 1.29 bits per heavy atom. The highest BCUT2D eigenvalue weighted by molar-refractivity contribution is 6.02. The number of hydrogen-bond donors (Lipinski definition) is 2. The molecule has 2 heterocycles. The van der Waals surface area contributed by atoms with Crippen LogP contribution in [0.4, 0.5) is 5.69 Å². The fourth-order valence-electron chi connectivity index (χ4n) is 2.14. The summed E-state index contributed by atoms with van der Waals surface area (Å²) >= 11 is 0. The highest BCUT2D eigenvalue weighted by Gasteiger charge is 2.13. The van der Waals surface area contributed by atoms with Gasteiger partial charge in [0.25, 0.3) is 5.91 Å². The van der Waals surface area contributed by atoms with E-state index in [-0.39, 0.29) is 18.3 Å². The Morgan fingerprint density at radius 2 is 2.14 bits per heavy atom. The van der Waals surface area contributed by atoms with Crippen LogP contribution in [0.3, 0.4) is 0 Å². The fourth-order valence-corrected chi connectivity index (χ4v) is 2.14. The van der Waals surface area contributed by atoms with Crippen LogP contribution in [0, 0.1) is 6.92 Å². The van der Waals surface area contributed by atoms with Crippen molar-refractivity contribution in [2.75, 3.05) is 18.5 Å². The average Bonchev–Trinajstić information content (AvgIpc) is 2.74. The second-order valence-electron chi connectivity index (χ2n) is 4.71. The van der Waals surface area contributed by atoms with Gasteiger partial charge in [0.2, 0.25) is 0 Å². The normalized spacial score (nSPS) is 13.4. The first-order valence-electron chi connectivity index (χ1n) is 6.56. The van der Waals surface area contributed by atoms with E-state index < -0.39 is 0 Å². The maximum Gasteiger partial charge on any atom is 0.291 e. The number of amides is 1. The van der Waals surface area contributed by atoms with Crippen molar-refractivity contribution < 1.29 is 13.9 Å². The van der Waals surface area contributed by atoms with Crippen LogP contribution in [0.2, 0.25) is 0 Å². The summed E-state index contributed by atoms with van der Waals surface area (Å²) in [7, 11) is 0. The van der Waals surface area contributed by atoms with E-state index in [0.717, 1.165) is 35.9 Å². The molecule has 0 saturated carbocycles. The van der Waals surface area contributed by atoms with Crippen LogP contribution in [-0.2, 0) is 6.54 Å². The highest BCUT2D eigenvalue weighted by Crippen LogP contribution is 2.24. The molecule has 1 aromatic heterocycles. The van der Waals surface area contributed by atoms with Crippen LogP contribution in [-0.4, -0.2) is 19.1 Å². The number of anilines is 1. The van der Waals surface area contributed by atoms with Gasteiger partial charge in [-0.3, -0.25) is 4.79 Å². The van der Waals surface area contributed by atoms with Crippen molar-refractivity contribution >= 4 is 24.0 Å². The van der Waals surface area contributed by atoms with Gasteiger partial charge >= 0.3 is 0 Å². The third-order valence-corrected chi connectivity index (χ3v) is 3.13. The topological polar surface area (TPSA) is 63.5 Å². The zero-order chi connectivity index (χ0) is 13.9. The minimum absolute atomic E-state index is 0. The second-order valence-corrected chi connectivity index (χ2v) is 4.71. The number of furan rings is 1. The first kappa shape index (κ1) is 15.4. The molecule has 0 fully saturated rings. The number of ether oxygens (including phenoxy) is 1. The number of aryl methyl sites for hydroxylation is 1. The lowest BCUT2D eigenvalue weighted by molar-refractivity contribution is 0.0995. The molecule has 2 N–H and O–H groups in total. The average molecular weight is 309 g/mol. The molecule has 5 nitrogen and oxygen atoms in total. The molecular weight excluding hydrogens is 292 g/mol. The molecule has 1 amide bonds. The Balaban J connectivity index is 0.00000161. The Hall–Kier alpha value is -1.98. The molecular formula is C15H17ClN2O3. The Labute approximate surface area is 129 Å². The molecule has 2 aromatic rings. The summed E-state index contributed by atoms with van der Waals surface area (Å²) in [6.45, 7) is 4.02. The summed E-state index contributed by atoms with van der Waals surface area (Å²) < 4.78 is 10.9. The van der Waals surface area contributed by atoms with Gasteiger partial charge in [0.05, 0.1) is 0 Å². The first-order chi connectivity index (χ1) is 9.72. The molecule has 0 radical (unpaired) electrons. The number of carbonyl (C=O) groups is 1. The fraction of sp³-hybridized carbons (Fsp3) is 0.267. The molecule has 6 heteroatoms. The molecule has 0 aliphatic carbocycles. The van der Waals surface area contributed by atoms with E-state index in [2.05, 4.69) is 10.6 Å². The third kappa shape index (κ3) is 3.56. The number of benzene rings is 1. The quantitative estimate of drug-likeness (QED) is 0.895. The van der Waals surface area contributed by atoms with E-state index in [1.54, 1.807) is 12.1 Å². The number of rotatable bonds is 2. The van der Waals surface area contributed by atoms with E-state index in [1.165, 1.54) is 0 Å². The standard InChI is InChI=1S/C15H16N2O3.ClH/c1-10-2-4-14(20-10)15(18)17-12-3-5-13-11(8-12)9-16-6-7-19-13;/h2-5,8,16H,6-7,9H2,1H3,(H,17,18);1H. The van der Waals surface area contributed by atoms with Gasteiger partial charge in [-0.25, -0.2) is 0 Å². The van der Waals surface area contributed by atoms with Crippen LogP contribution in [0.25, 0.3) is 0 Å². The molecule has 0 atom stereocenters. The van der Waals surface area contributed by atoms with Crippen LogP contribution in [0.1, 0.15) is 21.9 Å². The Morgan fingerprint density at radius 3 is 2.90 bits per heavy atom. The van der Waals surface area contributed by atoms with Crippen molar-refractivity contribution in [1.29, 1.82) is 0 Å². The SMILES string of the molecule is Cc1ccc(C(=O)Nc2ccc3c(c2)CNCCO3)o1.Cl. The molecule has 21 heavy (non-hydrogen) atoms. The smallest absolute Gasteiger partial charge is 0.291 e. The molecule has 0 saturated heterocycles. The van der Waals surface area contributed by atoms with Crippen LogP contribution in [0.5, 0.6) is 5.75 Å². The second kappa shape index (κ2) is 6.65. The van der Waals surface area contributed by atoms with Gasteiger partial charge in [-0.05, 0) is 37.3 Å². The van der Waals surface area contributed by atoms with E-state index in [9.17, 15) is 4.79 Å². The van der Waals surface area contributed by atoms with Crippen molar-refractivity contribution in [2.45, 2.75) is 13.5 Å². The van der Waals surface area contributed by atoms with Crippen molar-refractivity contribution in [2.24, 2.45) is 0 Å². The molecule has 1 aliphatic rings. The number of fused-ring (bicyclic) bond motifs is 1. The largest absolute Gasteiger partial charge is 0.492 e. The van der Waals surface area contributed by atoms with Crippen LogP contribution >= 0.6 is 12.4 Å². The van der Waals surface area contributed by atoms with Crippen LogP contribution in [0.15, 0.2) is 34.7 Å². The van der Waals surface area contributed by atoms with Crippen LogP contribution < -0.4 is 15.4 Å². The van der Waals surface area contributed by atoms with Crippen molar-refractivity contribution in [3.8, 4) is 5.75 Å². The molecule has 0 bridgehead atoms. The van der Waals surface area contributed by atoms with Gasteiger partial charge in [0.15, 0.2) is 5.76 Å². The van der Waals surface area contributed by atoms with Gasteiger partial charge in [-0.1, -0.05) is 0 Å². The van der Waals surface area contributed by atoms with Gasteiger partial charge in [-0.2, -0.15) is 0 Å². The van der Waals surface area contributed by atoms with Crippen molar-refractivity contribution in [1.82, 2.24) is 5.32 Å². The minimum atomic E-state index is -0.249. The summed E-state index contributed by atoms with van der Waals surface area (Å²) in [6, 6.07) is 9.06.